The van der Waals surface area contributed by atoms with Crippen molar-refractivity contribution < 1.29 is 14.3 Å². The highest BCUT2D eigenvalue weighted by molar-refractivity contribution is 5.92. The van der Waals surface area contributed by atoms with Crippen molar-refractivity contribution >= 4 is 51.2 Å². The number of anilines is 1. The van der Waals surface area contributed by atoms with E-state index in [0.29, 0.717) is 94.6 Å². The Labute approximate surface area is 397 Å². The average molecular weight is 937 g/mol. The number of H-pyrrole nitrogens is 1. The zero-order valence-corrected chi connectivity index (χ0v) is 41.8. The number of amidine groups is 1. The van der Waals surface area contributed by atoms with Gasteiger partial charge in [-0.1, -0.05) is 13.2 Å². The van der Waals surface area contributed by atoms with Crippen LogP contribution >= 0.6 is 0 Å². The molecule has 6 aromatic rings. The lowest BCUT2D eigenvalue weighted by molar-refractivity contribution is -0.116. The lowest BCUT2D eigenvalue weighted by Gasteiger charge is -2.29. The van der Waals surface area contributed by atoms with Crippen LogP contribution in [0.25, 0.3) is 33.5 Å². The molecule has 2 aliphatic rings. The summed E-state index contributed by atoms with van der Waals surface area (Å²) in [7, 11) is 0. The van der Waals surface area contributed by atoms with Gasteiger partial charge in [-0.05, 0) is 103 Å². The van der Waals surface area contributed by atoms with Crippen molar-refractivity contribution in [3.05, 3.63) is 90.3 Å². The van der Waals surface area contributed by atoms with Crippen LogP contribution in [0.3, 0.4) is 0 Å². The summed E-state index contributed by atoms with van der Waals surface area (Å²) in [6.45, 7) is 36.6. The number of carbonyl (C=O) groups is 1. The molecule has 6 aromatic heterocycles. The molecular formula is C46H68N18O4. The van der Waals surface area contributed by atoms with Crippen molar-refractivity contribution in [2.75, 3.05) is 18.9 Å². The van der Waals surface area contributed by atoms with E-state index < -0.39 is 0 Å². The smallest absolute Gasteiger partial charge is 0.279 e. The highest BCUT2D eigenvalue weighted by atomic mass is 16.5. The number of nitrogens with zero attached hydrogens (tertiary/aromatic N) is 14. The molecule has 0 unspecified atom stereocenters. The summed E-state index contributed by atoms with van der Waals surface area (Å²) in [5, 5.41) is 2.62. The van der Waals surface area contributed by atoms with Gasteiger partial charge in [-0.15, -0.1) is 0 Å². The van der Waals surface area contributed by atoms with Gasteiger partial charge in [-0.3, -0.25) is 9.59 Å². The molecule has 0 saturated heterocycles. The molecule has 22 heteroatoms. The molecule has 0 saturated carbocycles. The topological polar surface area (TPSA) is 269 Å². The molecule has 68 heavy (non-hydrogen) atoms. The van der Waals surface area contributed by atoms with Crippen LogP contribution in [0.5, 0.6) is 11.8 Å². The minimum Gasteiger partial charge on any atom is -0.476 e. The Balaban J connectivity index is 0.000000187. The normalized spacial score (nSPS) is 13.3. The van der Waals surface area contributed by atoms with Crippen LogP contribution in [-0.4, -0.2) is 105 Å². The summed E-state index contributed by atoms with van der Waals surface area (Å²) in [6, 6.07) is 1.58. The molecule has 0 spiro atoms. The molecule has 0 bridgehead atoms. The number of carbonyl (C=O) groups excluding carboxylic acids is 1. The number of hydrogen-bond acceptors (Lipinski definition) is 17. The van der Waals surface area contributed by atoms with Gasteiger partial charge >= 0.3 is 0 Å². The third kappa shape index (κ3) is 13.5. The maximum atomic E-state index is 11.5. The third-order valence-electron chi connectivity index (χ3n) is 9.73. The predicted octanol–water partition coefficient (Wildman–Crippen LogP) is 6.38. The number of aromatic amines is 1. The molecule has 0 atom stereocenters. The van der Waals surface area contributed by atoms with Crippen LogP contribution in [0.4, 0.5) is 5.95 Å². The summed E-state index contributed by atoms with van der Waals surface area (Å²) in [4.78, 5) is 66.5. The Kier molecular flexibility index (Phi) is 18.5. The first-order chi connectivity index (χ1) is 32.1. The second-order valence-electron chi connectivity index (χ2n) is 16.8. The van der Waals surface area contributed by atoms with Crippen LogP contribution in [0, 0.1) is 13.8 Å². The maximum absolute atomic E-state index is 11.5. The predicted molar refractivity (Wildman–Crippen MR) is 266 cm³/mol. The molecule has 366 valence electrons. The molecule has 8 rings (SSSR count). The van der Waals surface area contributed by atoms with E-state index in [1.165, 1.54) is 6.08 Å². The van der Waals surface area contributed by atoms with E-state index in [4.69, 9.17) is 20.9 Å². The number of aromatic nitrogens is 12. The SMILES string of the molecule is C=C1N=C(N)C=CN1C(C)C.C=C1NC(=O)C=CN1C(C)C.CCOc1nc(C)nc2c1ncn2C(C)C.CCOc1nc(N)nc2c1ncn2C(C)C.Cc1nc2c(ncn2C(C)C)c(=O)[nH]1. The van der Waals surface area contributed by atoms with E-state index in [1.54, 1.807) is 38.2 Å². The van der Waals surface area contributed by atoms with Gasteiger partial charge in [-0.2, -0.15) is 15.0 Å². The highest BCUT2D eigenvalue weighted by Crippen LogP contribution is 2.25. The fraction of sp³-hybridized carbons (Fsp3) is 0.457. The lowest BCUT2D eigenvalue weighted by Crippen LogP contribution is -2.38. The maximum Gasteiger partial charge on any atom is 0.279 e. The number of nitrogen functional groups attached to an aromatic ring is 1. The lowest BCUT2D eigenvalue weighted by atomic mass is 10.3. The van der Waals surface area contributed by atoms with E-state index in [2.05, 4.69) is 110 Å². The average Bonchev–Trinajstić information content (AvgIpc) is 3.99. The van der Waals surface area contributed by atoms with E-state index in [0.717, 1.165) is 11.2 Å². The molecule has 6 N–H and O–H groups in total. The first-order valence-electron chi connectivity index (χ1n) is 22.4. The fourth-order valence-corrected chi connectivity index (χ4v) is 6.47. The fourth-order valence-electron chi connectivity index (χ4n) is 6.47. The molecule has 0 radical (unpaired) electrons. The summed E-state index contributed by atoms with van der Waals surface area (Å²) < 4.78 is 16.7. The number of nitrogens with two attached hydrogens (primary N) is 2. The molecule has 0 fully saturated rings. The molecule has 2 aliphatic heterocycles. The number of fused-ring (bicyclic) bond motifs is 3. The largest absolute Gasteiger partial charge is 0.476 e. The number of nitrogens with one attached hydrogen (secondary N) is 2. The Bertz CT molecular complexity index is 2750. The standard InChI is InChI=1S/C11H16N4O.C10H15N5O.C9H12N4O.C8H13N3.C8H12N2O/c1-5-16-11-9-10(13-8(4)14-11)15(6-12-9)7(2)3;1-4-16-9-7-8(13-10(11)14-9)15(5-12-7)6(2)3;1-5(2)13-4-10-7-8(13)11-6(3)12-9(7)14;1-6(2)11-5-4-8(9)10-7(11)3;1-6(2)10-5-4-8(11)9-7(10)3/h6-7H,5H2,1-4H3;5-6H,4H2,1-3H3,(H2,11,13,14);4-5H,1-3H3,(H,11,12,14);4-6H,3H2,1-2H3,(H2,9,10);4-6H,3H2,1-2H3,(H,9,11). The number of rotatable bonds is 9. The second kappa shape index (κ2) is 23.7. The van der Waals surface area contributed by atoms with Crippen LogP contribution in [0.15, 0.2) is 78.1 Å². The van der Waals surface area contributed by atoms with Crippen LogP contribution in [0.1, 0.15) is 113 Å². The van der Waals surface area contributed by atoms with Gasteiger partial charge in [-0.25, -0.2) is 29.9 Å². The van der Waals surface area contributed by atoms with Gasteiger partial charge < -0.3 is 54.7 Å². The summed E-state index contributed by atoms with van der Waals surface area (Å²) in [5.74, 6) is 4.32. The van der Waals surface area contributed by atoms with Gasteiger partial charge in [0, 0.05) is 48.7 Å². The first-order valence-corrected chi connectivity index (χ1v) is 22.4. The van der Waals surface area contributed by atoms with E-state index in [9.17, 15) is 9.59 Å². The van der Waals surface area contributed by atoms with Gasteiger partial charge in [0.25, 0.3) is 11.5 Å². The van der Waals surface area contributed by atoms with Crippen molar-refractivity contribution in [3.63, 3.8) is 0 Å². The number of ether oxygens (including phenoxy) is 2. The second-order valence-corrected chi connectivity index (χ2v) is 16.8. The molecule has 1 amide bonds. The molecule has 22 nitrogen and oxygen atoms in total. The molecule has 0 aromatic carbocycles. The number of hydrogen-bond donors (Lipinski definition) is 4. The van der Waals surface area contributed by atoms with Crippen molar-refractivity contribution in [2.24, 2.45) is 10.7 Å². The third-order valence-corrected chi connectivity index (χ3v) is 9.73. The Hall–Kier alpha value is -7.65. The van der Waals surface area contributed by atoms with Crippen molar-refractivity contribution in [3.8, 4) is 11.8 Å². The van der Waals surface area contributed by atoms with E-state index in [-0.39, 0.29) is 29.5 Å². The van der Waals surface area contributed by atoms with E-state index in [1.807, 2.05) is 78.2 Å². The first kappa shape index (κ1) is 53.0. The van der Waals surface area contributed by atoms with Gasteiger partial charge in [0.15, 0.2) is 33.5 Å². The Morgan fingerprint density at radius 1 is 0.618 bits per heavy atom. The quantitative estimate of drug-likeness (QED) is 0.123. The van der Waals surface area contributed by atoms with Gasteiger partial charge in [0.05, 0.1) is 32.2 Å². The summed E-state index contributed by atoms with van der Waals surface area (Å²) in [5.41, 5.74) is 14.9. The van der Waals surface area contributed by atoms with Gasteiger partial charge in [0.1, 0.15) is 29.1 Å². The number of imidazole rings is 3. The van der Waals surface area contributed by atoms with E-state index >= 15 is 0 Å². The van der Waals surface area contributed by atoms with Crippen molar-refractivity contribution in [1.82, 2.24) is 73.7 Å². The molecule has 0 aliphatic carbocycles. The van der Waals surface area contributed by atoms with Gasteiger partial charge in [0.2, 0.25) is 17.7 Å². The summed E-state index contributed by atoms with van der Waals surface area (Å²) >= 11 is 0. The Morgan fingerprint density at radius 3 is 1.56 bits per heavy atom. The molecular weight excluding hydrogens is 869 g/mol. The summed E-state index contributed by atoms with van der Waals surface area (Å²) in [6.07, 6.45) is 12.1. The van der Waals surface area contributed by atoms with Crippen molar-refractivity contribution in [1.29, 1.82) is 0 Å². The molecule has 8 heterocycles. The number of aliphatic imine (C=N–C) groups is 1. The zero-order chi connectivity index (χ0) is 50.6. The van der Waals surface area contributed by atoms with Crippen LogP contribution in [-0.2, 0) is 4.79 Å². The number of amides is 1. The van der Waals surface area contributed by atoms with Crippen LogP contribution < -0.4 is 31.8 Å². The Morgan fingerprint density at radius 2 is 1.09 bits per heavy atom. The van der Waals surface area contributed by atoms with Crippen LogP contribution in [0.2, 0.25) is 0 Å². The van der Waals surface area contributed by atoms with Crippen molar-refractivity contribution in [2.45, 2.75) is 127 Å². The zero-order valence-electron chi connectivity index (χ0n) is 41.8. The number of aryl methyl sites for hydroxylation is 2. The minimum atomic E-state index is -0.174. The highest BCUT2D eigenvalue weighted by Gasteiger charge is 2.17. The monoisotopic (exact) mass is 937 g/mol. The minimum absolute atomic E-state index is 0.105.